The third-order valence-corrected chi connectivity index (χ3v) is 3.98. The summed E-state index contributed by atoms with van der Waals surface area (Å²) in [7, 11) is 0. The third kappa shape index (κ3) is 3.15. The van der Waals surface area contributed by atoms with Crippen molar-refractivity contribution >= 4 is 5.91 Å². The van der Waals surface area contributed by atoms with Gasteiger partial charge in [-0.3, -0.25) is 4.79 Å². The number of hydrogen-bond acceptors (Lipinski definition) is 4. The maximum absolute atomic E-state index is 12.2. The van der Waals surface area contributed by atoms with Gasteiger partial charge in [0, 0.05) is 25.1 Å². The Morgan fingerprint density at radius 1 is 1.53 bits per heavy atom. The van der Waals surface area contributed by atoms with Gasteiger partial charge >= 0.3 is 0 Å². The summed E-state index contributed by atoms with van der Waals surface area (Å²) in [4.78, 5) is 14.0. The number of piperidine rings is 1. The molecule has 2 rings (SSSR count). The summed E-state index contributed by atoms with van der Waals surface area (Å²) in [6.07, 6.45) is 1.56. The van der Waals surface area contributed by atoms with Crippen LogP contribution in [0.1, 0.15) is 36.8 Å². The standard InChI is InChI=1S/C14H22N2O3/c1-9-8-16(7-6-13(9)17)14(18)5-4-12-10(2)15-19-11(12)3/h9,13,17H,4-8H2,1-3H3. The fourth-order valence-corrected chi connectivity index (χ4v) is 2.61. The zero-order valence-corrected chi connectivity index (χ0v) is 11.8. The maximum Gasteiger partial charge on any atom is 0.222 e. The fraction of sp³-hybridized carbons (Fsp3) is 0.714. The second kappa shape index (κ2) is 5.74. The van der Waals surface area contributed by atoms with Gasteiger partial charge in [-0.15, -0.1) is 0 Å². The molecule has 1 aliphatic heterocycles. The quantitative estimate of drug-likeness (QED) is 0.899. The predicted octanol–water partition coefficient (Wildman–Crippen LogP) is 1.45. The molecule has 19 heavy (non-hydrogen) atoms. The molecule has 1 fully saturated rings. The lowest BCUT2D eigenvalue weighted by atomic mass is 9.96. The second-order valence-corrected chi connectivity index (χ2v) is 5.48. The van der Waals surface area contributed by atoms with E-state index in [4.69, 9.17) is 4.52 Å². The largest absolute Gasteiger partial charge is 0.393 e. The van der Waals surface area contributed by atoms with E-state index < -0.39 is 0 Å². The van der Waals surface area contributed by atoms with E-state index in [9.17, 15) is 9.90 Å². The summed E-state index contributed by atoms with van der Waals surface area (Å²) in [6, 6.07) is 0. The van der Waals surface area contributed by atoms with E-state index in [1.807, 2.05) is 25.7 Å². The highest BCUT2D eigenvalue weighted by atomic mass is 16.5. The number of hydrogen-bond donors (Lipinski definition) is 1. The van der Waals surface area contributed by atoms with E-state index in [2.05, 4.69) is 5.16 Å². The molecular weight excluding hydrogens is 244 g/mol. The molecule has 1 aliphatic rings. The van der Waals surface area contributed by atoms with Gasteiger partial charge in [-0.1, -0.05) is 12.1 Å². The number of aliphatic hydroxyl groups is 1. The lowest BCUT2D eigenvalue weighted by Crippen LogP contribution is -2.45. The molecule has 106 valence electrons. The Morgan fingerprint density at radius 2 is 2.26 bits per heavy atom. The Hall–Kier alpha value is -1.36. The average molecular weight is 266 g/mol. The molecule has 0 saturated carbocycles. The Morgan fingerprint density at radius 3 is 2.84 bits per heavy atom. The molecule has 1 amide bonds. The first-order valence-corrected chi connectivity index (χ1v) is 6.86. The summed E-state index contributed by atoms with van der Waals surface area (Å²) in [6.45, 7) is 7.07. The zero-order chi connectivity index (χ0) is 14.0. The van der Waals surface area contributed by atoms with Gasteiger partial charge in [-0.25, -0.2) is 0 Å². The SMILES string of the molecule is Cc1noc(C)c1CCC(=O)N1CCC(O)C(C)C1. The van der Waals surface area contributed by atoms with Gasteiger partial charge < -0.3 is 14.5 Å². The Bertz CT molecular complexity index is 436. The maximum atomic E-state index is 12.2. The van der Waals surface area contributed by atoms with Crippen molar-refractivity contribution in [2.45, 2.75) is 46.1 Å². The van der Waals surface area contributed by atoms with E-state index in [-0.39, 0.29) is 17.9 Å². The highest BCUT2D eigenvalue weighted by molar-refractivity contribution is 5.76. The van der Waals surface area contributed by atoms with Crippen molar-refractivity contribution in [3.63, 3.8) is 0 Å². The van der Waals surface area contributed by atoms with Gasteiger partial charge in [0.05, 0.1) is 11.8 Å². The van der Waals surface area contributed by atoms with Crippen molar-refractivity contribution in [1.29, 1.82) is 0 Å². The number of rotatable bonds is 3. The molecule has 0 radical (unpaired) electrons. The normalized spacial score (nSPS) is 23.7. The summed E-state index contributed by atoms with van der Waals surface area (Å²) in [5.41, 5.74) is 1.91. The lowest BCUT2D eigenvalue weighted by molar-refractivity contribution is -0.134. The molecule has 0 aliphatic carbocycles. The third-order valence-electron chi connectivity index (χ3n) is 3.98. The molecule has 1 saturated heterocycles. The first-order chi connectivity index (χ1) is 8.99. The molecule has 1 aromatic rings. The molecule has 0 bridgehead atoms. The molecule has 1 aromatic heterocycles. The van der Waals surface area contributed by atoms with Crippen molar-refractivity contribution in [3.05, 3.63) is 17.0 Å². The molecule has 2 heterocycles. The summed E-state index contributed by atoms with van der Waals surface area (Å²) in [5.74, 6) is 1.11. The van der Waals surface area contributed by atoms with E-state index in [0.29, 0.717) is 32.4 Å². The van der Waals surface area contributed by atoms with Crippen molar-refractivity contribution in [2.75, 3.05) is 13.1 Å². The molecule has 0 spiro atoms. The number of carbonyl (C=O) groups is 1. The average Bonchev–Trinajstić information content (AvgIpc) is 2.69. The summed E-state index contributed by atoms with van der Waals surface area (Å²) in [5, 5.41) is 13.6. The van der Waals surface area contributed by atoms with Crippen LogP contribution in [0.5, 0.6) is 0 Å². The molecule has 5 heteroatoms. The minimum Gasteiger partial charge on any atom is -0.393 e. The van der Waals surface area contributed by atoms with Crippen molar-refractivity contribution in [3.8, 4) is 0 Å². The molecule has 1 N–H and O–H groups in total. The Labute approximate surface area is 113 Å². The first-order valence-electron chi connectivity index (χ1n) is 6.86. The highest BCUT2D eigenvalue weighted by Gasteiger charge is 2.27. The predicted molar refractivity (Wildman–Crippen MR) is 70.7 cm³/mol. The number of amides is 1. The van der Waals surface area contributed by atoms with Crippen LogP contribution in [-0.2, 0) is 11.2 Å². The van der Waals surface area contributed by atoms with E-state index in [1.54, 1.807) is 0 Å². The molecule has 2 atom stereocenters. The Kier molecular flexibility index (Phi) is 4.24. The Balaban J connectivity index is 1.88. The van der Waals surface area contributed by atoms with Crippen LogP contribution in [0.3, 0.4) is 0 Å². The van der Waals surface area contributed by atoms with Gasteiger partial charge in [-0.2, -0.15) is 0 Å². The van der Waals surface area contributed by atoms with Gasteiger partial charge in [0.25, 0.3) is 0 Å². The highest BCUT2D eigenvalue weighted by Crippen LogP contribution is 2.19. The number of carbonyl (C=O) groups excluding carboxylic acids is 1. The number of aryl methyl sites for hydroxylation is 2. The second-order valence-electron chi connectivity index (χ2n) is 5.48. The molecule has 2 unspecified atom stereocenters. The lowest BCUT2D eigenvalue weighted by Gasteiger charge is -2.34. The van der Waals surface area contributed by atoms with Crippen LogP contribution < -0.4 is 0 Å². The van der Waals surface area contributed by atoms with E-state index in [1.165, 1.54) is 0 Å². The first kappa shape index (κ1) is 14.1. The topological polar surface area (TPSA) is 66.6 Å². The molecular formula is C14H22N2O3. The van der Waals surface area contributed by atoms with Gasteiger partial charge in [-0.05, 0) is 32.6 Å². The van der Waals surface area contributed by atoms with Crippen LogP contribution in [0.25, 0.3) is 0 Å². The van der Waals surface area contributed by atoms with Gasteiger partial charge in [0.15, 0.2) is 0 Å². The van der Waals surface area contributed by atoms with Crippen LogP contribution in [0.4, 0.5) is 0 Å². The number of aliphatic hydroxyl groups excluding tert-OH is 1. The van der Waals surface area contributed by atoms with Crippen molar-refractivity contribution in [2.24, 2.45) is 5.92 Å². The molecule has 5 nitrogen and oxygen atoms in total. The summed E-state index contributed by atoms with van der Waals surface area (Å²) < 4.78 is 5.10. The van der Waals surface area contributed by atoms with E-state index in [0.717, 1.165) is 17.0 Å². The van der Waals surface area contributed by atoms with Crippen LogP contribution in [-0.4, -0.2) is 40.3 Å². The minimum absolute atomic E-state index is 0.152. The minimum atomic E-state index is -0.272. The van der Waals surface area contributed by atoms with Crippen molar-refractivity contribution in [1.82, 2.24) is 10.1 Å². The van der Waals surface area contributed by atoms with Crippen molar-refractivity contribution < 1.29 is 14.4 Å². The smallest absolute Gasteiger partial charge is 0.222 e. The monoisotopic (exact) mass is 266 g/mol. The van der Waals surface area contributed by atoms with Gasteiger partial charge in [0.2, 0.25) is 5.91 Å². The van der Waals surface area contributed by atoms with Crippen LogP contribution >= 0.6 is 0 Å². The number of likely N-dealkylation sites (tertiary alicyclic amines) is 1. The van der Waals surface area contributed by atoms with Crippen LogP contribution in [0, 0.1) is 19.8 Å². The fourth-order valence-electron chi connectivity index (χ4n) is 2.61. The van der Waals surface area contributed by atoms with Gasteiger partial charge in [0.1, 0.15) is 5.76 Å². The van der Waals surface area contributed by atoms with Crippen LogP contribution in [0.15, 0.2) is 4.52 Å². The number of nitrogens with zero attached hydrogens (tertiary/aromatic N) is 2. The summed E-state index contributed by atoms with van der Waals surface area (Å²) >= 11 is 0. The van der Waals surface area contributed by atoms with E-state index >= 15 is 0 Å². The molecule has 0 aromatic carbocycles. The zero-order valence-electron chi connectivity index (χ0n) is 11.8. The number of aromatic nitrogens is 1. The van der Waals surface area contributed by atoms with Crippen LogP contribution in [0.2, 0.25) is 0 Å².